The molecule has 0 saturated carbocycles. The summed E-state index contributed by atoms with van der Waals surface area (Å²) in [7, 11) is 0. The lowest BCUT2D eigenvalue weighted by molar-refractivity contribution is -0.124. The van der Waals surface area contributed by atoms with Crippen LogP contribution >= 0.6 is 0 Å². The molecule has 21 heavy (non-hydrogen) atoms. The molecule has 1 aromatic carbocycles. The normalized spacial score (nSPS) is 10.1. The molecule has 114 valence electrons. The van der Waals surface area contributed by atoms with E-state index in [4.69, 9.17) is 0 Å². The molecule has 0 aliphatic carbocycles. The maximum absolute atomic E-state index is 11.7. The number of rotatable bonds is 6. The Balaban J connectivity index is 2.47. The molecule has 1 rings (SSSR count). The van der Waals surface area contributed by atoms with Crippen molar-refractivity contribution in [2.45, 2.75) is 27.2 Å². The zero-order valence-electron chi connectivity index (χ0n) is 12.5. The summed E-state index contributed by atoms with van der Waals surface area (Å²) in [4.78, 5) is 34.1. The fraction of sp³-hybridized carbons (Fsp3) is 0.400. The van der Waals surface area contributed by atoms with Crippen molar-refractivity contribution in [3.8, 4) is 0 Å². The monoisotopic (exact) mass is 291 g/mol. The van der Waals surface area contributed by atoms with Crippen molar-refractivity contribution in [1.82, 2.24) is 5.32 Å². The Labute approximate surface area is 124 Å². The summed E-state index contributed by atoms with van der Waals surface area (Å²) in [5.74, 6) is -0.388. The molecule has 0 radical (unpaired) electrons. The van der Waals surface area contributed by atoms with Gasteiger partial charge in [-0.2, -0.15) is 0 Å². The van der Waals surface area contributed by atoms with Gasteiger partial charge in [-0.05, 0) is 24.1 Å². The van der Waals surface area contributed by atoms with Crippen LogP contribution < -0.4 is 16.0 Å². The maximum Gasteiger partial charge on any atom is 0.243 e. The second-order valence-electron chi connectivity index (χ2n) is 5.18. The van der Waals surface area contributed by atoms with Gasteiger partial charge in [0, 0.05) is 24.7 Å². The minimum Gasteiger partial charge on any atom is -0.347 e. The number of nitrogens with one attached hydrogen (secondary N) is 3. The molecular formula is C15H21N3O3. The van der Waals surface area contributed by atoms with Gasteiger partial charge in [-0.1, -0.05) is 19.9 Å². The molecule has 0 heterocycles. The first-order valence-electron chi connectivity index (χ1n) is 6.81. The van der Waals surface area contributed by atoms with Crippen LogP contribution in [0.25, 0.3) is 0 Å². The van der Waals surface area contributed by atoms with E-state index in [1.54, 1.807) is 24.3 Å². The predicted molar refractivity (Wildman–Crippen MR) is 81.8 cm³/mol. The van der Waals surface area contributed by atoms with Crippen LogP contribution in [-0.2, 0) is 14.4 Å². The third-order valence-electron chi connectivity index (χ3n) is 2.51. The van der Waals surface area contributed by atoms with Gasteiger partial charge in [0.15, 0.2) is 0 Å². The molecule has 0 saturated heterocycles. The average molecular weight is 291 g/mol. The van der Waals surface area contributed by atoms with E-state index in [2.05, 4.69) is 16.0 Å². The molecule has 0 aromatic heterocycles. The van der Waals surface area contributed by atoms with Gasteiger partial charge in [0.05, 0.1) is 6.54 Å². The van der Waals surface area contributed by atoms with E-state index in [0.717, 1.165) is 0 Å². The van der Waals surface area contributed by atoms with Crippen LogP contribution in [0.3, 0.4) is 0 Å². The molecule has 0 aliphatic heterocycles. The second kappa shape index (κ2) is 8.04. The van der Waals surface area contributed by atoms with Gasteiger partial charge >= 0.3 is 0 Å². The van der Waals surface area contributed by atoms with Crippen molar-refractivity contribution >= 4 is 29.1 Å². The van der Waals surface area contributed by atoms with Crippen LogP contribution in [0.1, 0.15) is 27.2 Å². The Morgan fingerprint density at radius 3 is 2.24 bits per heavy atom. The Kier molecular flexibility index (Phi) is 6.39. The first kappa shape index (κ1) is 16.7. The van der Waals surface area contributed by atoms with Crippen molar-refractivity contribution in [2.24, 2.45) is 5.92 Å². The SMILES string of the molecule is CC(=O)Nc1cccc(NC(=O)CNC(=O)CC(C)C)c1. The Bertz CT molecular complexity index is 527. The molecule has 6 nitrogen and oxygen atoms in total. The zero-order chi connectivity index (χ0) is 15.8. The number of carbonyl (C=O) groups is 3. The fourth-order valence-corrected chi connectivity index (χ4v) is 1.70. The Hall–Kier alpha value is -2.37. The molecule has 0 aliphatic rings. The van der Waals surface area contributed by atoms with Crippen molar-refractivity contribution in [1.29, 1.82) is 0 Å². The van der Waals surface area contributed by atoms with E-state index in [1.807, 2.05) is 13.8 Å². The van der Waals surface area contributed by atoms with Crippen LogP contribution in [-0.4, -0.2) is 24.3 Å². The van der Waals surface area contributed by atoms with Gasteiger partial charge in [-0.3, -0.25) is 14.4 Å². The van der Waals surface area contributed by atoms with Gasteiger partial charge in [0.2, 0.25) is 17.7 Å². The van der Waals surface area contributed by atoms with E-state index in [0.29, 0.717) is 17.8 Å². The summed E-state index contributed by atoms with van der Waals surface area (Å²) >= 11 is 0. The topological polar surface area (TPSA) is 87.3 Å². The van der Waals surface area contributed by atoms with E-state index in [9.17, 15) is 14.4 Å². The third-order valence-corrected chi connectivity index (χ3v) is 2.51. The van der Waals surface area contributed by atoms with E-state index in [-0.39, 0.29) is 30.2 Å². The minimum atomic E-state index is -0.313. The molecule has 1 aromatic rings. The van der Waals surface area contributed by atoms with Crippen molar-refractivity contribution in [2.75, 3.05) is 17.2 Å². The highest BCUT2D eigenvalue weighted by Gasteiger charge is 2.08. The maximum atomic E-state index is 11.7. The highest BCUT2D eigenvalue weighted by molar-refractivity contribution is 5.95. The van der Waals surface area contributed by atoms with Gasteiger partial charge in [-0.25, -0.2) is 0 Å². The quantitative estimate of drug-likeness (QED) is 0.746. The van der Waals surface area contributed by atoms with E-state index < -0.39 is 0 Å². The molecular weight excluding hydrogens is 270 g/mol. The molecule has 0 atom stereocenters. The van der Waals surface area contributed by atoms with Gasteiger partial charge in [0.25, 0.3) is 0 Å². The summed E-state index contributed by atoms with van der Waals surface area (Å²) in [6.07, 6.45) is 0.394. The molecule has 3 amide bonds. The smallest absolute Gasteiger partial charge is 0.243 e. The number of benzene rings is 1. The van der Waals surface area contributed by atoms with Crippen molar-refractivity contribution in [3.05, 3.63) is 24.3 Å². The van der Waals surface area contributed by atoms with Crippen LogP contribution in [0, 0.1) is 5.92 Å². The zero-order valence-corrected chi connectivity index (χ0v) is 12.5. The number of amides is 3. The van der Waals surface area contributed by atoms with Crippen LogP contribution in [0.2, 0.25) is 0 Å². The number of anilines is 2. The lowest BCUT2D eigenvalue weighted by Gasteiger charge is -2.09. The summed E-state index contributed by atoms with van der Waals surface area (Å²) < 4.78 is 0. The number of carbonyl (C=O) groups excluding carboxylic acids is 3. The lowest BCUT2D eigenvalue weighted by Crippen LogP contribution is -2.33. The van der Waals surface area contributed by atoms with Gasteiger partial charge in [-0.15, -0.1) is 0 Å². The van der Waals surface area contributed by atoms with Crippen molar-refractivity contribution in [3.63, 3.8) is 0 Å². The molecule has 3 N–H and O–H groups in total. The van der Waals surface area contributed by atoms with E-state index >= 15 is 0 Å². The largest absolute Gasteiger partial charge is 0.347 e. The summed E-state index contributed by atoms with van der Waals surface area (Å²) in [6, 6.07) is 6.80. The summed E-state index contributed by atoms with van der Waals surface area (Å²) in [6.45, 7) is 5.21. The van der Waals surface area contributed by atoms with Gasteiger partial charge in [0.1, 0.15) is 0 Å². The first-order valence-corrected chi connectivity index (χ1v) is 6.81. The third kappa shape index (κ3) is 7.10. The Morgan fingerprint density at radius 1 is 1.05 bits per heavy atom. The first-order chi connectivity index (χ1) is 9.86. The lowest BCUT2D eigenvalue weighted by atomic mass is 10.1. The van der Waals surface area contributed by atoms with E-state index in [1.165, 1.54) is 6.92 Å². The predicted octanol–water partition coefficient (Wildman–Crippen LogP) is 1.75. The van der Waals surface area contributed by atoms with Crippen molar-refractivity contribution < 1.29 is 14.4 Å². The summed E-state index contributed by atoms with van der Waals surface area (Å²) in [5, 5.41) is 7.85. The van der Waals surface area contributed by atoms with Gasteiger partial charge < -0.3 is 16.0 Å². The molecule has 0 spiro atoms. The standard InChI is InChI=1S/C15H21N3O3/c1-10(2)7-14(20)16-9-15(21)18-13-6-4-5-12(8-13)17-11(3)19/h4-6,8,10H,7,9H2,1-3H3,(H,16,20)(H,17,19)(H,18,21). The summed E-state index contributed by atoms with van der Waals surface area (Å²) in [5.41, 5.74) is 1.16. The Morgan fingerprint density at radius 2 is 1.67 bits per heavy atom. The molecule has 0 unspecified atom stereocenters. The fourth-order valence-electron chi connectivity index (χ4n) is 1.70. The van der Waals surface area contributed by atoms with Crippen LogP contribution in [0.4, 0.5) is 11.4 Å². The highest BCUT2D eigenvalue weighted by atomic mass is 16.2. The number of hydrogen-bond acceptors (Lipinski definition) is 3. The van der Waals surface area contributed by atoms with Crippen LogP contribution in [0.5, 0.6) is 0 Å². The molecule has 0 fully saturated rings. The molecule has 6 heteroatoms. The minimum absolute atomic E-state index is 0.0735. The molecule has 0 bridgehead atoms. The highest BCUT2D eigenvalue weighted by Crippen LogP contribution is 2.14. The number of hydrogen-bond donors (Lipinski definition) is 3. The van der Waals surface area contributed by atoms with Crippen LogP contribution in [0.15, 0.2) is 24.3 Å². The second-order valence-corrected chi connectivity index (χ2v) is 5.18. The average Bonchev–Trinajstić information content (AvgIpc) is 2.35.